The number of carbonyl (C=O) groups is 3. The van der Waals surface area contributed by atoms with Crippen LogP contribution in [0.4, 0.5) is 10.1 Å². The molecule has 0 unspecified atom stereocenters. The summed E-state index contributed by atoms with van der Waals surface area (Å²) in [6.07, 6.45) is 7.46. The third-order valence-electron chi connectivity index (χ3n) is 7.53. The SMILES string of the molecule is Cc1cc(N2CCCC3(CCC(NC(=O)c4[nH]cnc4C(=O)NC4CC4)CC3)C2=O)c(Cl)cc1F. The van der Waals surface area contributed by atoms with Crippen LogP contribution in [0.15, 0.2) is 18.5 Å². The van der Waals surface area contributed by atoms with Gasteiger partial charge in [0.1, 0.15) is 11.5 Å². The fraction of sp³-hybridized carbons (Fsp3) is 0.520. The first-order valence-electron chi connectivity index (χ1n) is 12.2. The van der Waals surface area contributed by atoms with Crippen molar-refractivity contribution in [3.05, 3.63) is 46.3 Å². The monoisotopic (exact) mass is 501 g/mol. The largest absolute Gasteiger partial charge is 0.348 e. The van der Waals surface area contributed by atoms with Gasteiger partial charge in [-0.25, -0.2) is 9.37 Å². The molecule has 1 spiro atoms. The van der Waals surface area contributed by atoms with Crippen molar-refractivity contribution in [3.63, 3.8) is 0 Å². The number of nitrogens with zero attached hydrogens (tertiary/aromatic N) is 2. The molecule has 3 fully saturated rings. The van der Waals surface area contributed by atoms with Crippen LogP contribution in [0.5, 0.6) is 0 Å². The first-order chi connectivity index (χ1) is 16.8. The van der Waals surface area contributed by atoms with Gasteiger partial charge in [-0.2, -0.15) is 0 Å². The van der Waals surface area contributed by atoms with E-state index in [0.29, 0.717) is 43.5 Å². The summed E-state index contributed by atoms with van der Waals surface area (Å²) in [4.78, 5) is 47.4. The quantitative estimate of drug-likeness (QED) is 0.577. The summed E-state index contributed by atoms with van der Waals surface area (Å²) in [6, 6.07) is 2.98. The number of carbonyl (C=O) groups excluding carboxylic acids is 3. The molecule has 10 heteroatoms. The predicted octanol–water partition coefficient (Wildman–Crippen LogP) is 3.89. The molecule has 2 aliphatic carbocycles. The number of aromatic nitrogens is 2. The van der Waals surface area contributed by atoms with Gasteiger partial charge in [0.05, 0.1) is 17.0 Å². The molecule has 8 nitrogen and oxygen atoms in total. The molecule has 0 atom stereocenters. The van der Waals surface area contributed by atoms with E-state index in [1.165, 1.54) is 12.4 Å². The highest BCUT2D eigenvalue weighted by molar-refractivity contribution is 6.34. The molecule has 2 saturated carbocycles. The summed E-state index contributed by atoms with van der Waals surface area (Å²) < 4.78 is 13.9. The average molecular weight is 502 g/mol. The van der Waals surface area contributed by atoms with Crippen molar-refractivity contribution in [2.45, 2.75) is 70.4 Å². The van der Waals surface area contributed by atoms with Crippen LogP contribution in [0.1, 0.15) is 77.9 Å². The number of amides is 3. The number of aryl methyl sites for hydroxylation is 1. The van der Waals surface area contributed by atoms with Crippen molar-refractivity contribution in [2.24, 2.45) is 5.41 Å². The highest BCUT2D eigenvalue weighted by atomic mass is 35.5. The lowest BCUT2D eigenvalue weighted by atomic mass is 9.67. The summed E-state index contributed by atoms with van der Waals surface area (Å²) in [5.74, 6) is -1.08. The lowest BCUT2D eigenvalue weighted by Gasteiger charge is -2.45. The molecule has 3 N–H and O–H groups in total. The van der Waals surface area contributed by atoms with Crippen molar-refractivity contribution in [1.82, 2.24) is 20.6 Å². The zero-order valence-corrected chi connectivity index (χ0v) is 20.4. The Kier molecular flexibility index (Phi) is 6.29. The molecule has 1 aliphatic heterocycles. The van der Waals surface area contributed by atoms with E-state index in [1.54, 1.807) is 17.9 Å². The Morgan fingerprint density at radius 2 is 1.80 bits per heavy atom. The highest BCUT2D eigenvalue weighted by Crippen LogP contribution is 2.46. The summed E-state index contributed by atoms with van der Waals surface area (Å²) in [5, 5.41) is 6.10. The van der Waals surface area contributed by atoms with Crippen molar-refractivity contribution in [2.75, 3.05) is 11.4 Å². The first-order valence-corrected chi connectivity index (χ1v) is 12.6. The number of rotatable bonds is 5. The minimum Gasteiger partial charge on any atom is -0.348 e. The van der Waals surface area contributed by atoms with Gasteiger partial charge >= 0.3 is 0 Å². The summed E-state index contributed by atoms with van der Waals surface area (Å²) in [7, 11) is 0. The smallest absolute Gasteiger partial charge is 0.272 e. The number of imidazole rings is 1. The lowest BCUT2D eigenvalue weighted by Crippen LogP contribution is -2.52. The Morgan fingerprint density at radius 1 is 1.11 bits per heavy atom. The number of hydrogen-bond acceptors (Lipinski definition) is 4. The molecule has 1 saturated heterocycles. The summed E-state index contributed by atoms with van der Waals surface area (Å²) in [5.41, 5.74) is 0.762. The molecule has 0 radical (unpaired) electrons. The topological polar surface area (TPSA) is 107 Å². The van der Waals surface area contributed by atoms with E-state index < -0.39 is 5.41 Å². The normalized spacial score (nSPS) is 24.5. The van der Waals surface area contributed by atoms with Crippen LogP contribution >= 0.6 is 11.6 Å². The highest BCUT2D eigenvalue weighted by Gasteiger charge is 2.47. The van der Waals surface area contributed by atoms with Crippen LogP contribution in [0, 0.1) is 18.2 Å². The van der Waals surface area contributed by atoms with Gasteiger partial charge in [-0.05, 0) is 76.0 Å². The van der Waals surface area contributed by atoms with Gasteiger partial charge in [-0.15, -0.1) is 0 Å². The number of H-pyrrole nitrogens is 1. The second-order valence-corrected chi connectivity index (χ2v) is 10.4. The van der Waals surface area contributed by atoms with Crippen LogP contribution in [-0.4, -0.2) is 46.3 Å². The van der Waals surface area contributed by atoms with E-state index >= 15 is 0 Å². The molecule has 3 aliphatic rings. The minimum atomic E-state index is -0.506. The average Bonchev–Trinajstić information content (AvgIpc) is 3.50. The van der Waals surface area contributed by atoms with Gasteiger partial charge in [-0.1, -0.05) is 11.6 Å². The Morgan fingerprint density at radius 3 is 2.51 bits per heavy atom. The van der Waals surface area contributed by atoms with Gasteiger partial charge in [0.2, 0.25) is 5.91 Å². The van der Waals surface area contributed by atoms with Crippen LogP contribution < -0.4 is 15.5 Å². The minimum absolute atomic E-state index is 0.0223. The second-order valence-electron chi connectivity index (χ2n) is 10.0. The summed E-state index contributed by atoms with van der Waals surface area (Å²) >= 11 is 6.31. The fourth-order valence-corrected chi connectivity index (χ4v) is 5.56. The number of halogens is 2. The Hall–Kier alpha value is -2.94. The Bertz CT molecular complexity index is 1170. The number of aromatic amines is 1. The maximum atomic E-state index is 13.9. The Balaban J connectivity index is 1.23. The molecular formula is C25H29ClFN5O3. The molecular weight excluding hydrogens is 473 g/mol. The molecule has 2 heterocycles. The molecule has 1 aromatic heterocycles. The lowest BCUT2D eigenvalue weighted by molar-refractivity contribution is -0.132. The van der Waals surface area contributed by atoms with Gasteiger partial charge < -0.3 is 20.5 Å². The van der Waals surface area contributed by atoms with E-state index in [1.807, 2.05) is 0 Å². The van der Waals surface area contributed by atoms with E-state index in [-0.39, 0.29) is 52.0 Å². The third-order valence-corrected chi connectivity index (χ3v) is 7.83. The standard InChI is InChI=1S/C25H29ClFN5O3/c1-14-11-19(17(26)12-18(14)27)32-10-2-7-25(24(32)35)8-5-16(6-9-25)31-23(34)21-20(28-13-29-21)22(33)30-15-3-4-15/h11-13,15-16H,2-10H2,1H3,(H,28,29)(H,30,33)(H,31,34). The number of anilines is 1. The Labute approximate surface area is 208 Å². The number of piperidine rings is 1. The van der Waals surface area contributed by atoms with Gasteiger partial charge in [0.25, 0.3) is 11.8 Å². The maximum Gasteiger partial charge on any atom is 0.272 e. The maximum absolute atomic E-state index is 13.9. The second kappa shape index (κ2) is 9.26. The van der Waals surface area contributed by atoms with Gasteiger partial charge in [0.15, 0.2) is 5.69 Å². The van der Waals surface area contributed by atoms with Crippen LogP contribution in [0.3, 0.4) is 0 Å². The molecule has 1 aromatic carbocycles. The van der Waals surface area contributed by atoms with Gasteiger partial charge in [-0.3, -0.25) is 14.4 Å². The molecule has 0 bridgehead atoms. The van der Waals surface area contributed by atoms with Crippen molar-refractivity contribution >= 4 is 35.0 Å². The van der Waals surface area contributed by atoms with Crippen LogP contribution in [-0.2, 0) is 4.79 Å². The zero-order chi connectivity index (χ0) is 24.7. The van der Waals surface area contributed by atoms with Crippen molar-refractivity contribution < 1.29 is 18.8 Å². The predicted molar refractivity (Wildman–Crippen MR) is 129 cm³/mol. The van der Waals surface area contributed by atoms with Crippen molar-refractivity contribution in [3.8, 4) is 0 Å². The number of nitrogens with one attached hydrogen (secondary N) is 3. The van der Waals surface area contributed by atoms with Crippen LogP contribution in [0.25, 0.3) is 0 Å². The van der Waals surface area contributed by atoms with Gasteiger partial charge in [0, 0.05) is 24.0 Å². The zero-order valence-electron chi connectivity index (χ0n) is 19.6. The molecule has 3 amide bonds. The molecule has 5 rings (SSSR count). The van der Waals surface area contributed by atoms with Crippen molar-refractivity contribution in [1.29, 1.82) is 0 Å². The first kappa shape index (κ1) is 23.8. The van der Waals surface area contributed by atoms with E-state index in [9.17, 15) is 18.8 Å². The molecule has 2 aromatic rings. The van der Waals surface area contributed by atoms with E-state index in [4.69, 9.17) is 11.6 Å². The molecule has 186 valence electrons. The molecule has 35 heavy (non-hydrogen) atoms. The number of benzene rings is 1. The fourth-order valence-electron chi connectivity index (χ4n) is 5.31. The summed E-state index contributed by atoms with van der Waals surface area (Å²) in [6.45, 7) is 2.21. The third kappa shape index (κ3) is 4.66. The number of hydrogen-bond donors (Lipinski definition) is 3. The van der Waals surface area contributed by atoms with E-state index in [0.717, 1.165) is 25.7 Å². The van der Waals surface area contributed by atoms with E-state index in [2.05, 4.69) is 20.6 Å². The van der Waals surface area contributed by atoms with Crippen LogP contribution in [0.2, 0.25) is 5.02 Å².